The van der Waals surface area contributed by atoms with Gasteiger partial charge in [-0.3, -0.25) is 9.36 Å². The fourth-order valence-electron chi connectivity index (χ4n) is 4.67. The van der Waals surface area contributed by atoms with Gasteiger partial charge in [-0.15, -0.1) is 0 Å². The van der Waals surface area contributed by atoms with E-state index >= 15 is 0 Å². The second-order valence-electron chi connectivity index (χ2n) is 9.50. The third kappa shape index (κ3) is 5.85. The Labute approximate surface area is 246 Å². The number of thiazole rings is 1. The Kier molecular flexibility index (Phi) is 8.42. The molecule has 1 aliphatic rings. The summed E-state index contributed by atoms with van der Waals surface area (Å²) in [6.45, 7) is 6.03. The zero-order valence-electron chi connectivity index (χ0n) is 23.1. The maximum atomic E-state index is 13.9. The van der Waals surface area contributed by atoms with Crippen LogP contribution in [0.15, 0.2) is 87.8 Å². The molecule has 1 aliphatic heterocycles. The zero-order valence-corrected chi connectivity index (χ0v) is 24.7. The number of esters is 1. The smallest absolute Gasteiger partial charge is 0.338 e. The molecule has 4 aromatic rings. The van der Waals surface area contributed by atoms with Gasteiger partial charge in [0.1, 0.15) is 6.61 Å². The quantitative estimate of drug-likeness (QED) is 0.259. The van der Waals surface area contributed by atoms with Gasteiger partial charge in [-0.2, -0.15) is 0 Å². The molecule has 1 atom stereocenters. The lowest BCUT2D eigenvalue weighted by Crippen LogP contribution is -2.39. The summed E-state index contributed by atoms with van der Waals surface area (Å²) in [5.41, 5.74) is 4.15. The van der Waals surface area contributed by atoms with Crippen molar-refractivity contribution >= 4 is 35.0 Å². The van der Waals surface area contributed by atoms with Crippen LogP contribution in [-0.4, -0.2) is 24.3 Å². The van der Waals surface area contributed by atoms with Crippen molar-refractivity contribution in [2.45, 2.75) is 33.4 Å². The summed E-state index contributed by atoms with van der Waals surface area (Å²) in [4.78, 5) is 32.1. The van der Waals surface area contributed by atoms with E-state index in [1.165, 1.54) is 11.3 Å². The van der Waals surface area contributed by atoms with E-state index in [9.17, 15) is 9.59 Å². The Bertz CT molecular complexity index is 1820. The molecule has 9 heteroatoms. The second kappa shape index (κ2) is 12.2. The molecule has 1 aromatic heterocycles. The summed E-state index contributed by atoms with van der Waals surface area (Å²) >= 11 is 7.53. The van der Waals surface area contributed by atoms with Crippen LogP contribution >= 0.6 is 22.9 Å². The number of halogens is 1. The van der Waals surface area contributed by atoms with Gasteiger partial charge in [-0.25, -0.2) is 9.79 Å². The number of carbonyl (C=O) groups is 1. The lowest BCUT2D eigenvalue weighted by atomic mass is 9.95. The van der Waals surface area contributed by atoms with Gasteiger partial charge in [0, 0.05) is 10.6 Å². The number of aromatic nitrogens is 1. The van der Waals surface area contributed by atoms with Crippen LogP contribution in [0.2, 0.25) is 5.02 Å². The Balaban J connectivity index is 1.54. The average molecular weight is 589 g/mol. The molecule has 0 bridgehead atoms. The van der Waals surface area contributed by atoms with Crippen molar-refractivity contribution in [2.24, 2.45) is 4.99 Å². The van der Waals surface area contributed by atoms with Crippen molar-refractivity contribution in [1.29, 1.82) is 0 Å². The van der Waals surface area contributed by atoms with Crippen molar-refractivity contribution in [3.63, 3.8) is 0 Å². The molecule has 0 unspecified atom stereocenters. The lowest BCUT2D eigenvalue weighted by Gasteiger charge is -2.24. The topological polar surface area (TPSA) is 79.1 Å². The minimum atomic E-state index is -0.650. The van der Waals surface area contributed by atoms with E-state index in [0.29, 0.717) is 37.1 Å². The van der Waals surface area contributed by atoms with Gasteiger partial charge in [0.15, 0.2) is 16.3 Å². The highest BCUT2D eigenvalue weighted by Crippen LogP contribution is 2.32. The molecule has 7 nitrogen and oxygen atoms in total. The third-order valence-electron chi connectivity index (χ3n) is 6.74. The van der Waals surface area contributed by atoms with Crippen molar-refractivity contribution in [1.82, 2.24) is 4.57 Å². The maximum absolute atomic E-state index is 13.9. The number of hydrogen-bond acceptors (Lipinski definition) is 7. The fourth-order valence-corrected chi connectivity index (χ4v) is 5.91. The molecule has 0 N–H and O–H groups in total. The average Bonchev–Trinajstić information content (AvgIpc) is 3.26. The first kappa shape index (κ1) is 28.4. The molecule has 2 heterocycles. The predicted molar refractivity (Wildman–Crippen MR) is 160 cm³/mol. The van der Waals surface area contributed by atoms with E-state index in [1.807, 2.05) is 67.6 Å². The number of hydrogen-bond donors (Lipinski definition) is 0. The molecule has 0 spiro atoms. The maximum Gasteiger partial charge on any atom is 0.338 e. The highest BCUT2D eigenvalue weighted by molar-refractivity contribution is 7.07. The van der Waals surface area contributed by atoms with Gasteiger partial charge in [0.05, 0.1) is 35.6 Å². The summed E-state index contributed by atoms with van der Waals surface area (Å²) in [6.07, 6.45) is 1.79. The zero-order chi connectivity index (χ0) is 29.1. The summed E-state index contributed by atoms with van der Waals surface area (Å²) < 4.78 is 19.0. The van der Waals surface area contributed by atoms with E-state index in [-0.39, 0.29) is 18.8 Å². The summed E-state index contributed by atoms with van der Waals surface area (Å²) in [5.74, 6) is 0.599. The Morgan fingerprint density at radius 1 is 1.07 bits per heavy atom. The molecule has 0 amide bonds. The predicted octanol–water partition coefficient (Wildman–Crippen LogP) is 5.35. The molecule has 41 heavy (non-hydrogen) atoms. The highest BCUT2D eigenvalue weighted by Gasteiger charge is 2.33. The molecular weight excluding hydrogens is 560 g/mol. The number of carbonyl (C=O) groups excluding carboxylic acids is 1. The molecule has 3 aromatic carbocycles. The summed E-state index contributed by atoms with van der Waals surface area (Å²) in [7, 11) is 1.57. The third-order valence-corrected chi connectivity index (χ3v) is 8.09. The summed E-state index contributed by atoms with van der Waals surface area (Å²) in [5, 5.41) is 0.628. The van der Waals surface area contributed by atoms with Crippen LogP contribution in [-0.2, 0) is 16.1 Å². The van der Waals surface area contributed by atoms with E-state index in [1.54, 1.807) is 37.7 Å². The minimum Gasteiger partial charge on any atom is -0.493 e. The fraction of sp³-hybridized carbons (Fsp3) is 0.219. The lowest BCUT2D eigenvalue weighted by molar-refractivity contribution is -0.139. The summed E-state index contributed by atoms with van der Waals surface area (Å²) in [6, 6.07) is 20.1. The van der Waals surface area contributed by atoms with Gasteiger partial charge in [-0.1, -0.05) is 77.0 Å². The molecule has 0 fully saturated rings. The number of benzene rings is 3. The Morgan fingerprint density at radius 2 is 1.83 bits per heavy atom. The van der Waals surface area contributed by atoms with Gasteiger partial charge in [0.2, 0.25) is 0 Å². The van der Waals surface area contributed by atoms with Crippen LogP contribution in [0.1, 0.15) is 42.1 Å². The van der Waals surface area contributed by atoms with Gasteiger partial charge < -0.3 is 14.2 Å². The molecule has 5 rings (SSSR count). The first-order valence-corrected chi connectivity index (χ1v) is 14.3. The van der Waals surface area contributed by atoms with E-state index < -0.39 is 12.0 Å². The van der Waals surface area contributed by atoms with Crippen LogP contribution in [0.25, 0.3) is 6.08 Å². The Hall–Kier alpha value is -4.14. The molecule has 0 aliphatic carbocycles. The minimum absolute atomic E-state index is 0.223. The van der Waals surface area contributed by atoms with Crippen molar-refractivity contribution in [3.8, 4) is 11.5 Å². The number of rotatable bonds is 8. The second-order valence-corrected chi connectivity index (χ2v) is 10.9. The number of fused-ring (bicyclic) bond motifs is 1. The van der Waals surface area contributed by atoms with Crippen LogP contribution in [0, 0.1) is 6.92 Å². The Morgan fingerprint density at radius 3 is 2.54 bits per heavy atom. The molecular formula is C32H29ClN2O5S. The first-order chi connectivity index (χ1) is 19.8. The van der Waals surface area contributed by atoms with Gasteiger partial charge in [-0.05, 0) is 56.2 Å². The van der Waals surface area contributed by atoms with Crippen LogP contribution < -0.4 is 24.4 Å². The molecule has 0 saturated heterocycles. The SMILES string of the molecule is CCOC(=O)C1=C(C)N=c2s/c(=C\c3ccc(OCc4ccccc4Cl)c(OC)c3)c(=O)n2[C@H]1c1ccc(C)cc1. The van der Waals surface area contributed by atoms with Crippen LogP contribution in [0.4, 0.5) is 0 Å². The van der Waals surface area contributed by atoms with E-state index in [4.69, 9.17) is 25.8 Å². The largest absolute Gasteiger partial charge is 0.493 e. The highest BCUT2D eigenvalue weighted by atomic mass is 35.5. The number of nitrogens with zero attached hydrogens (tertiary/aromatic N) is 2. The van der Waals surface area contributed by atoms with Crippen molar-refractivity contribution in [3.05, 3.63) is 125 Å². The van der Waals surface area contributed by atoms with Crippen LogP contribution in [0.3, 0.4) is 0 Å². The number of ether oxygens (including phenoxy) is 3. The van der Waals surface area contributed by atoms with Gasteiger partial charge >= 0.3 is 5.97 Å². The van der Waals surface area contributed by atoms with E-state index in [0.717, 1.165) is 22.3 Å². The normalized spacial score (nSPS) is 14.9. The van der Waals surface area contributed by atoms with Gasteiger partial charge in [0.25, 0.3) is 5.56 Å². The number of methoxy groups -OCH3 is 1. The van der Waals surface area contributed by atoms with Crippen molar-refractivity contribution < 1.29 is 19.0 Å². The molecule has 0 radical (unpaired) electrons. The monoisotopic (exact) mass is 588 g/mol. The number of allylic oxidation sites excluding steroid dienone is 1. The van der Waals surface area contributed by atoms with E-state index in [2.05, 4.69) is 4.99 Å². The first-order valence-electron chi connectivity index (χ1n) is 13.1. The number of aryl methyl sites for hydroxylation is 1. The van der Waals surface area contributed by atoms with Crippen LogP contribution in [0.5, 0.6) is 11.5 Å². The molecule has 0 saturated carbocycles. The standard InChI is InChI=1S/C32H29ClN2O5S/c1-5-39-31(37)28-20(3)34-32-35(29(28)22-13-10-19(2)11-14-22)30(36)27(41-32)17-21-12-15-25(26(16-21)38-4)40-18-23-8-6-7-9-24(23)33/h6-17,29H,5,18H2,1-4H3/b27-17-/t29-/m0/s1. The molecule has 210 valence electrons. The van der Waals surface area contributed by atoms with Crippen molar-refractivity contribution in [2.75, 3.05) is 13.7 Å².